The van der Waals surface area contributed by atoms with Gasteiger partial charge in [0.1, 0.15) is 6.04 Å². The predicted molar refractivity (Wildman–Crippen MR) is 76.1 cm³/mol. The van der Waals surface area contributed by atoms with Crippen LogP contribution in [0.3, 0.4) is 0 Å². The Labute approximate surface area is 126 Å². The van der Waals surface area contributed by atoms with Crippen molar-refractivity contribution in [1.82, 2.24) is 10.6 Å². The molecular formula is C14H15N3O5. The van der Waals surface area contributed by atoms with Crippen LogP contribution in [-0.4, -0.2) is 36.5 Å². The number of carbonyl (C=O) groups is 4. The average molecular weight is 305 g/mol. The van der Waals surface area contributed by atoms with Crippen molar-refractivity contribution in [2.75, 3.05) is 11.9 Å². The van der Waals surface area contributed by atoms with E-state index in [1.165, 1.54) is 6.07 Å². The maximum atomic E-state index is 12.0. The molecule has 1 unspecified atom stereocenters. The van der Waals surface area contributed by atoms with Gasteiger partial charge in [-0.25, -0.2) is 9.59 Å². The molecule has 1 aliphatic heterocycles. The van der Waals surface area contributed by atoms with Crippen LogP contribution in [0.25, 0.3) is 0 Å². The molecule has 1 aromatic carbocycles. The fourth-order valence-corrected chi connectivity index (χ4v) is 1.97. The third-order valence-corrected chi connectivity index (χ3v) is 2.94. The summed E-state index contributed by atoms with van der Waals surface area (Å²) in [5, 5.41) is 6.91. The lowest BCUT2D eigenvalue weighted by atomic mass is 10.1. The number of carbonyl (C=O) groups excluding carboxylic acids is 4. The number of imide groups is 1. The summed E-state index contributed by atoms with van der Waals surface area (Å²) in [7, 11) is 0. The van der Waals surface area contributed by atoms with Crippen molar-refractivity contribution in [1.29, 1.82) is 0 Å². The van der Waals surface area contributed by atoms with E-state index in [-0.39, 0.29) is 24.3 Å². The largest absolute Gasteiger partial charge is 0.462 e. The third-order valence-electron chi connectivity index (χ3n) is 2.94. The number of hydrogen-bond acceptors (Lipinski definition) is 5. The van der Waals surface area contributed by atoms with E-state index in [2.05, 4.69) is 10.6 Å². The number of nitrogens with one attached hydrogen (secondary N) is 3. The number of hydrogen-bond donors (Lipinski definition) is 3. The first-order chi connectivity index (χ1) is 10.5. The summed E-state index contributed by atoms with van der Waals surface area (Å²) in [4.78, 5) is 46.1. The minimum Gasteiger partial charge on any atom is -0.462 e. The molecule has 0 radical (unpaired) electrons. The van der Waals surface area contributed by atoms with Gasteiger partial charge in [-0.2, -0.15) is 0 Å². The number of benzene rings is 1. The predicted octanol–water partition coefficient (Wildman–Crippen LogP) is 0.400. The first-order valence-electron chi connectivity index (χ1n) is 6.68. The summed E-state index contributed by atoms with van der Waals surface area (Å²) in [6, 6.07) is 4.83. The Hall–Kier alpha value is -2.90. The molecule has 8 heteroatoms. The Morgan fingerprint density at radius 2 is 2.00 bits per heavy atom. The second kappa shape index (κ2) is 6.70. The van der Waals surface area contributed by atoms with Gasteiger partial charge in [0.2, 0.25) is 5.91 Å². The number of amides is 4. The second-order valence-electron chi connectivity index (χ2n) is 4.53. The molecule has 116 valence electrons. The van der Waals surface area contributed by atoms with Gasteiger partial charge in [-0.15, -0.1) is 0 Å². The smallest absolute Gasteiger partial charge is 0.340 e. The average Bonchev–Trinajstić information content (AvgIpc) is 2.77. The SMILES string of the molecule is CCOC(=O)c1ccccc1NC(=O)CC1NC(=O)NC1=O. The second-order valence-corrected chi connectivity index (χ2v) is 4.53. The zero-order valence-electron chi connectivity index (χ0n) is 11.8. The van der Waals surface area contributed by atoms with E-state index in [0.717, 1.165) is 0 Å². The summed E-state index contributed by atoms with van der Waals surface area (Å²) < 4.78 is 4.90. The van der Waals surface area contributed by atoms with Gasteiger partial charge in [-0.05, 0) is 19.1 Å². The molecular weight excluding hydrogens is 290 g/mol. The quantitative estimate of drug-likeness (QED) is 0.538. The van der Waals surface area contributed by atoms with Gasteiger partial charge < -0.3 is 15.4 Å². The zero-order valence-corrected chi connectivity index (χ0v) is 11.8. The number of para-hydroxylation sites is 1. The highest BCUT2D eigenvalue weighted by molar-refractivity contribution is 6.07. The number of rotatable bonds is 5. The molecule has 0 spiro atoms. The molecule has 1 aliphatic rings. The first-order valence-corrected chi connectivity index (χ1v) is 6.68. The molecule has 0 aromatic heterocycles. The van der Waals surface area contributed by atoms with E-state index < -0.39 is 29.9 Å². The van der Waals surface area contributed by atoms with Gasteiger partial charge in [0.05, 0.1) is 24.3 Å². The maximum Gasteiger partial charge on any atom is 0.340 e. The summed E-state index contributed by atoms with van der Waals surface area (Å²) in [5.74, 6) is -1.61. The van der Waals surface area contributed by atoms with Crippen molar-refractivity contribution in [3.8, 4) is 0 Å². The fraction of sp³-hybridized carbons (Fsp3) is 0.286. The highest BCUT2D eigenvalue weighted by atomic mass is 16.5. The number of anilines is 1. The molecule has 1 atom stereocenters. The highest BCUT2D eigenvalue weighted by Gasteiger charge is 2.31. The van der Waals surface area contributed by atoms with E-state index in [1.807, 2.05) is 5.32 Å². The topological polar surface area (TPSA) is 114 Å². The molecule has 1 fully saturated rings. The first kappa shape index (κ1) is 15.5. The number of ether oxygens (including phenoxy) is 1. The molecule has 8 nitrogen and oxygen atoms in total. The Kier molecular flexibility index (Phi) is 4.72. The number of esters is 1. The fourth-order valence-electron chi connectivity index (χ4n) is 1.97. The van der Waals surface area contributed by atoms with E-state index in [1.54, 1.807) is 25.1 Å². The summed E-state index contributed by atoms with van der Waals surface area (Å²) in [6.07, 6.45) is -0.227. The minimum atomic E-state index is -0.915. The van der Waals surface area contributed by atoms with Gasteiger partial charge in [-0.3, -0.25) is 14.9 Å². The highest BCUT2D eigenvalue weighted by Crippen LogP contribution is 2.17. The Balaban J connectivity index is 2.04. The maximum absolute atomic E-state index is 12.0. The minimum absolute atomic E-state index is 0.218. The van der Waals surface area contributed by atoms with Gasteiger partial charge >= 0.3 is 12.0 Å². The van der Waals surface area contributed by atoms with Crippen molar-refractivity contribution < 1.29 is 23.9 Å². The summed E-state index contributed by atoms with van der Waals surface area (Å²) in [6.45, 7) is 1.90. The standard InChI is InChI=1S/C14H15N3O5/c1-2-22-13(20)8-5-3-4-6-9(8)15-11(18)7-10-12(19)17-14(21)16-10/h3-6,10H,2,7H2,1H3,(H,15,18)(H2,16,17,19,21). The Morgan fingerprint density at radius 1 is 1.27 bits per heavy atom. The molecule has 0 saturated carbocycles. The van der Waals surface area contributed by atoms with Crippen LogP contribution in [0.4, 0.5) is 10.5 Å². The zero-order chi connectivity index (χ0) is 16.1. The summed E-state index contributed by atoms with van der Waals surface area (Å²) >= 11 is 0. The molecule has 1 saturated heterocycles. The van der Waals surface area contributed by atoms with Gasteiger partial charge in [0.25, 0.3) is 5.91 Å². The van der Waals surface area contributed by atoms with Crippen molar-refractivity contribution in [3.63, 3.8) is 0 Å². The monoisotopic (exact) mass is 305 g/mol. The Bertz CT molecular complexity index is 629. The van der Waals surface area contributed by atoms with Crippen LogP contribution in [0.1, 0.15) is 23.7 Å². The molecule has 3 N–H and O–H groups in total. The van der Waals surface area contributed by atoms with E-state index >= 15 is 0 Å². The lowest BCUT2D eigenvalue weighted by Gasteiger charge is -2.11. The number of urea groups is 1. The lowest BCUT2D eigenvalue weighted by Crippen LogP contribution is -2.33. The molecule has 1 heterocycles. The normalized spacial score (nSPS) is 16.7. The van der Waals surface area contributed by atoms with Gasteiger partial charge in [0, 0.05) is 0 Å². The molecule has 4 amide bonds. The van der Waals surface area contributed by atoms with E-state index in [0.29, 0.717) is 0 Å². The van der Waals surface area contributed by atoms with Gasteiger partial charge in [0.15, 0.2) is 0 Å². The Morgan fingerprint density at radius 3 is 2.64 bits per heavy atom. The summed E-state index contributed by atoms with van der Waals surface area (Å²) in [5.41, 5.74) is 0.508. The van der Waals surface area contributed by atoms with Crippen molar-refractivity contribution in [2.24, 2.45) is 0 Å². The van der Waals surface area contributed by atoms with Crippen LogP contribution in [0.15, 0.2) is 24.3 Å². The lowest BCUT2D eigenvalue weighted by molar-refractivity contribution is -0.124. The molecule has 22 heavy (non-hydrogen) atoms. The van der Waals surface area contributed by atoms with Crippen LogP contribution in [0.2, 0.25) is 0 Å². The van der Waals surface area contributed by atoms with E-state index in [4.69, 9.17) is 4.74 Å². The van der Waals surface area contributed by atoms with Crippen LogP contribution < -0.4 is 16.0 Å². The van der Waals surface area contributed by atoms with Crippen molar-refractivity contribution in [3.05, 3.63) is 29.8 Å². The molecule has 0 bridgehead atoms. The van der Waals surface area contributed by atoms with E-state index in [9.17, 15) is 19.2 Å². The molecule has 1 aromatic rings. The van der Waals surface area contributed by atoms with Crippen molar-refractivity contribution >= 4 is 29.5 Å². The molecule has 0 aliphatic carbocycles. The van der Waals surface area contributed by atoms with Crippen LogP contribution >= 0.6 is 0 Å². The van der Waals surface area contributed by atoms with Crippen molar-refractivity contribution in [2.45, 2.75) is 19.4 Å². The van der Waals surface area contributed by atoms with Crippen LogP contribution in [0, 0.1) is 0 Å². The van der Waals surface area contributed by atoms with Crippen LogP contribution in [0.5, 0.6) is 0 Å². The molecule has 2 rings (SSSR count). The van der Waals surface area contributed by atoms with Crippen LogP contribution in [-0.2, 0) is 14.3 Å². The third kappa shape index (κ3) is 3.60. The van der Waals surface area contributed by atoms with Gasteiger partial charge in [-0.1, -0.05) is 12.1 Å².